The zero-order valence-electron chi connectivity index (χ0n) is 10.4. The van der Waals surface area contributed by atoms with Crippen LogP contribution in [0.4, 0.5) is 10.3 Å². The molecule has 0 radical (unpaired) electrons. The van der Waals surface area contributed by atoms with Gasteiger partial charge in [-0.2, -0.15) is 0 Å². The van der Waals surface area contributed by atoms with Crippen LogP contribution < -0.4 is 10.0 Å². The van der Waals surface area contributed by atoms with Gasteiger partial charge < -0.3 is 9.64 Å². The van der Waals surface area contributed by atoms with Gasteiger partial charge in [0, 0.05) is 20.2 Å². The smallest absolute Gasteiger partial charge is 0.225 e. The number of nitrogens with zero attached hydrogens (tertiary/aromatic N) is 3. The normalized spacial score (nSPS) is 24.5. The van der Waals surface area contributed by atoms with Crippen molar-refractivity contribution < 1.29 is 17.5 Å². The third-order valence-corrected chi connectivity index (χ3v) is 4.33. The molecule has 19 heavy (non-hydrogen) atoms. The second kappa shape index (κ2) is 5.35. The van der Waals surface area contributed by atoms with Crippen LogP contribution in [-0.2, 0) is 14.8 Å². The lowest BCUT2D eigenvalue weighted by atomic mass is 10.1. The van der Waals surface area contributed by atoms with E-state index >= 15 is 0 Å². The molecule has 1 aromatic heterocycles. The van der Waals surface area contributed by atoms with Crippen molar-refractivity contribution in [1.29, 1.82) is 0 Å². The molecule has 1 saturated heterocycles. The fourth-order valence-electron chi connectivity index (χ4n) is 2.05. The maximum atomic E-state index is 12.8. The summed E-state index contributed by atoms with van der Waals surface area (Å²) in [5, 5.41) is 4.43. The zero-order valence-corrected chi connectivity index (χ0v) is 11.2. The van der Waals surface area contributed by atoms with E-state index in [1.165, 1.54) is 7.11 Å². The highest BCUT2D eigenvalue weighted by Crippen LogP contribution is 2.21. The number of nitrogens with two attached hydrogens (primary N) is 1. The van der Waals surface area contributed by atoms with Gasteiger partial charge in [-0.3, -0.25) is 0 Å². The number of primary sulfonamides is 1. The third kappa shape index (κ3) is 3.37. The van der Waals surface area contributed by atoms with E-state index in [-0.39, 0.29) is 18.6 Å². The van der Waals surface area contributed by atoms with Crippen LogP contribution in [0.15, 0.2) is 12.4 Å². The predicted molar refractivity (Wildman–Crippen MR) is 66.5 cm³/mol. The summed E-state index contributed by atoms with van der Waals surface area (Å²) >= 11 is 0. The van der Waals surface area contributed by atoms with Crippen LogP contribution in [0.5, 0.6) is 0 Å². The summed E-state index contributed by atoms with van der Waals surface area (Å²) < 4.78 is 40.9. The van der Waals surface area contributed by atoms with Gasteiger partial charge in [-0.15, -0.1) is 0 Å². The third-order valence-electron chi connectivity index (χ3n) is 3.06. The fraction of sp³-hybridized carbons (Fsp3) is 0.600. The zero-order chi connectivity index (χ0) is 14.0. The quantitative estimate of drug-likeness (QED) is 0.805. The second-order valence-electron chi connectivity index (χ2n) is 4.41. The molecule has 0 aromatic carbocycles. The minimum absolute atomic E-state index is 0.171. The summed E-state index contributed by atoms with van der Waals surface area (Å²) in [4.78, 5) is 9.30. The van der Waals surface area contributed by atoms with E-state index in [9.17, 15) is 12.8 Å². The molecule has 0 unspecified atom stereocenters. The SMILES string of the molecule is CO[C@@H]1C[C@H](S(N)(=O)=O)CN(c2ncc(F)cn2)C1. The topological polar surface area (TPSA) is 98.4 Å². The van der Waals surface area contributed by atoms with Gasteiger partial charge in [0.05, 0.1) is 23.7 Å². The first kappa shape index (κ1) is 14.1. The van der Waals surface area contributed by atoms with Gasteiger partial charge in [-0.1, -0.05) is 0 Å². The first-order valence-electron chi connectivity index (χ1n) is 5.67. The molecule has 1 fully saturated rings. The van der Waals surface area contributed by atoms with Crippen molar-refractivity contribution in [3.8, 4) is 0 Å². The molecule has 1 aliphatic heterocycles. The molecule has 106 valence electrons. The molecule has 2 N–H and O–H groups in total. The Morgan fingerprint density at radius 1 is 1.42 bits per heavy atom. The minimum Gasteiger partial charge on any atom is -0.380 e. The van der Waals surface area contributed by atoms with Crippen molar-refractivity contribution in [1.82, 2.24) is 9.97 Å². The standard InChI is InChI=1S/C10H15FN4O3S/c1-18-8-2-9(19(12,16)17)6-15(5-8)10-13-3-7(11)4-14-10/h3-4,8-9H,2,5-6H2,1H3,(H2,12,16,17)/t8-,9+/m1/s1. The van der Waals surface area contributed by atoms with Crippen LogP contribution in [0.1, 0.15) is 6.42 Å². The second-order valence-corrected chi connectivity index (χ2v) is 6.26. The van der Waals surface area contributed by atoms with E-state index in [2.05, 4.69) is 9.97 Å². The molecule has 0 aliphatic carbocycles. The number of rotatable bonds is 3. The molecule has 0 spiro atoms. The van der Waals surface area contributed by atoms with Crippen molar-refractivity contribution in [3.63, 3.8) is 0 Å². The number of hydrogen-bond acceptors (Lipinski definition) is 6. The van der Waals surface area contributed by atoms with Gasteiger partial charge in [-0.05, 0) is 6.42 Å². The molecular weight excluding hydrogens is 275 g/mol. The van der Waals surface area contributed by atoms with E-state index in [1.54, 1.807) is 4.90 Å². The number of halogens is 1. The Labute approximate surface area is 110 Å². The van der Waals surface area contributed by atoms with Crippen molar-refractivity contribution in [2.75, 3.05) is 25.1 Å². The van der Waals surface area contributed by atoms with Crippen molar-refractivity contribution in [3.05, 3.63) is 18.2 Å². The average molecular weight is 290 g/mol. The summed E-state index contributed by atoms with van der Waals surface area (Å²) in [6.45, 7) is 0.610. The largest absolute Gasteiger partial charge is 0.380 e. The van der Waals surface area contributed by atoms with Gasteiger partial charge in [0.25, 0.3) is 0 Å². The highest BCUT2D eigenvalue weighted by Gasteiger charge is 2.34. The molecule has 1 aromatic rings. The Morgan fingerprint density at radius 3 is 2.58 bits per heavy atom. The number of sulfonamides is 1. The van der Waals surface area contributed by atoms with Crippen molar-refractivity contribution in [2.24, 2.45) is 5.14 Å². The predicted octanol–water partition coefficient (Wildman–Crippen LogP) is -0.502. The molecule has 2 atom stereocenters. The number of hydrogen-bond donors (Lipinski definition) is 1. The molecular formula is C10H15FN4O3S. The average Bonchev–Trinajstić information content (AvgIpc) is 2.38. The molecule has 2 heterocycles. The molecule has 0 bridgehead atoms. The highest BCUT2D eigenvalue weighted by molar-refractivity contribution is 7.89. The number of anilines is 1. The fourth-order valence-corrected chi connectivity index (χ4v) is 2.92. The molecule has 1 aliphatic rings. The Hall–Kier alpha value is -1.32. The van der Waals surface area contributed by atoms with Crippen LogP contribution >= 0.6 is 0 Å². The maximum absolute atomic E-state index is 12.8. The Balaban J connectivity index is 2.22. The molecule has 7 nitrogen and oxygen atoms in total. The van der Waals surface area contributed by atoms with E-state index in [0.29, 0.717) is 13.0 Å². The lowest BCUT2D eigenvalue weighted by Gasteiger charge is -2.35. The Morgan fingerprint density at radius 2 is 2.05 bits per heavy atom. The number of ether oxygens (including phenoxy) is 1. The Kier molecular flexibility index (Phi) is 3.97. The number of piperidine rings is 1. The van der Waals surface area contributed by atoms with E-state index in [1.807, 2.05) is 0 Å². The van der Waals surface area contributed by atoms with E-state index in [0.717, 1.165) is 12.4 Å². The minimum atomic E-state index is -3.67. The van der Waals surface area contributed by atoms with Crippen LogP contribution in [-0.4, -0.2) is 49.9 Å². The lowest BCUT2D eigenvalue weighted by molar-refractivity contribution is 0.0898. The summed E-state index contributed by atoms with van der Waals surface area (Å²) in [6, 6.07) is 0. The number of methoxy groups -OCH3 is 1. The van der Waals surface area contributed by atoms with E-state index < -0.39 is 21.1 Å². The summed E-state index contributed by atoms with van der Waals surface area (Å²) in [5.41, 5.74) is 0. The lowest BCUT2D eigenvalue weighted by Crippen LogP contribution is -2.51. The Bertz CT molecular complexity index is 536. The van der Waals surface area contributed by atoms with Gasteiger partial charge >= 0.3 is 0 Å². The van der Waals surface area contributed by atoms with Crippen molar-refractivity contribution >= 4 is 16.0 Å². The molecule has 9 heteroatoms. The summed E-state index contributed by atoms with van der Waals surface area (Å²) in [7, 11) is -2.17. The van der Waals surface area contributed by atoms with Gasteiger partial charge in [0.2, 0.25) is 16.0 Å². The van der Waals surface area contributed by atoms with Gasteiger partial charge in [0.15, 0.2) is 5.82 Å². The first-order valence-corrected chi connectivity index (χ1v) is 7.28. The monoisotopic (exact) mass is 290 g/mol. The van der Waals surface area contributed by atoms with Crippen LogP contribution in [0.25, 0.3) is 0 Å². The van der Waals surface area contributed by atoms with Crippen LogP contribution in [0.2, 0.25) is 0 Å². The summed E-state index contributed by atoms with van der Waals surface area (Å²) in [6.07, 6.45) is 2.10. The summed E-state index contributed by atoms with van der Waals surface area (Å²) in [5.74, 6) is -0.288. The molecule has 0 saturated carbocycles. The molecule has 2 rings (SSSR count). The molecule has 0 amide bonds. The first-order chi connectivity index (χ1) is 8.90. The van der Waals surface area contributed by atoms with Gasteiger partial charge in [-0.25, -0.2) is 27.9 Å². The van der Waals surface area contributed by atoms with Crippen LogP contribution in [0.3, 0.4) is 0 Å². The highest BCUT2D eigenvalue weighted by atomic mass is 32.2. The van der Waals surface area contributed by atoms with Crippen LogP contribution in [0, 0.1) is 5.82 Å². The van der Waals surface area contributed by atoms with Gasteiger partial charge in [0.1, 0.15) is 0 Å². The van der Waals surface area contributed by atoms with Crippen molar-refractivity contribution in [2.45, 2.75) is 17.8 Å². The maximum Gasteiger partial charge on any atom is 0.225 e. The number of aromatic nitrogens is 2. The van der Waals surface area contributed by atoms with E-state index in [4.69, 9.17) is 9.88 Å².